The molecule has 0 saturated carbocycles. The van der Waals surface area contributed by atoms with Gasteiger partial charge in [0, 0.05) is 30.6 Å². The van der Waals surface area contributed by atoms with Crippen LogP contribution >= 0.6 is 11.8 Å². The average molecular weight is 364 g/mol. The molecule has 0 aromatic heterocycles. The van der Waals surface area contributed by atoms with E-state index in [1.54, 1.807) is 0 Å². The second-order valence-corrected chi connectivity index (χ2v) is 7.44. The smallest absolute Gasteiger partial charge is 0.252 e. The van der Waals surface area contributed by atoms with E-state index in [-0.39, 0.29) is 17.9 Å². The number of hydrogen-bond donors (Lipinski definition) is 2. The molecule has 6 heteroatoms. The highest BCUT2D eigenvalue weighted by atomic mass is 32.2. The van der Waals surface area contributed by atoms with Crippen LogP contribution in [0.3, 0.4) is 0 Å². The molecule has 1 fully saturated rings. The van der Waals surface area contributed by atoms with Crippen molar-refractivity contribution in [2.24, 2.45) is 5.73 Å². The van der Waals surface area contributed by atoms with Crippen molar-refractivity contribution >= 4 is 23.6 Å². The Balaban J connectivity index is 1.96. The van der Waals surface area contributed by atoms with Crippen LogP contribution in [0.2, 0.25) is 0 Å². The molecule has 1 saturated heterocycles. The third kappa shape index (κ3) is 6.04. The minimum Gasteiger partial charge on any atom is -0.348 e. The summed E-state index contributed by atoms with van der Waals surface area (Å²) in [5, 5.41) is 3.03. The standard InChI is InChI=1S/C19H29N3O2S/c1-2-3-8-15(13-20)21-19(24)16-9-4-5-10-17(16)25-14-18(23)22-11-6-7-12-22/h4-5,9-10,15H,2-3,6-8,11-14,20H2,1H3,(H,21,24). The zero-order valence-electron chi connectivity index (χ0n) is 15.0. The molecule has 1 aromatic rings. The predicted molar refractivity (Wildman–Crippen MR) is 103 cm³/mol. The number of unbranched alkanes of at least 4 members (excludes halogenated alkanes) is 1. The number of nitrogens with two attached hydrogens (primary N) is 1. The SMILES string of the molecule is CCCCC(CN)NC(=O)c1ccccc1SCC(=O)N1CCCC1. The molecule has 2 amide bonds. The number of carbonyl (C=O) groups is 2. The molecular weight excluding hydrogens is 334 g/mol. The molecule has 138 valence electrons. The molecule has 0 bridgehead atoms. The van der Waals surface area contributed by atoms with E-state index in [0.717, 1.165) is 50.1 Å². The van der Waals surface area contributed by atoms with Gasteiger partial charge in [0.05, 0.1) is 11.3 Å². The first-order valence-electron chi connectivity index (χ1n) is 9.16. The number of nitrogens with one attached hydrogen (secondary N) is 1. The monoisotopic (exact) mass is 363 g/mol. The summed E-state index contributed by atoms with van der Waals surface area (Å²) in [7, 11) is 0. The van der Waals surface area contributed by atoms with Gasteiger partial charge in [-0.15, -0.1) is 11.8 Å². The van der Waals surface area contributed by atoms with Gasteiger partial charge >= 0.3 is 0 Å². The van der Waals surface area contributed by atoms with Gasteiger partial charge in [-0.1, -0.05) is 31.9 Å². The van der Waals surface area contributed by atoms with Gasteiger partial charge in [0.15, 0.2) is 0 Å². The summed E-state index contributed by atoms with van der Waals surface area (Å²) in [6, 6.07) is 7.46. The zero-order chi connectivity index (χ0) is 18.1. The lowest BCUT2D eigenvalue weighted by Gasteiger charge is -2.18. The molecule has 5 nitrogen and oxygen atoms in total. The molecule has 3 N–H and O–H groups in total. The van der Waals surface area contributed by atoms with Crippen molar-refractivity contribution in [3.05, 3.63) is 29.8 Å². The Morgan fingerprint density at radius 1 is 1.28 bits per heavy atom. The van der Waals surface area contributed by atoms with E-state index in [9.17, 15) is 9.59 Å². The molecule has 1 aliphatic rings. The molecule has 0 aliphatic carbocycles. The van der Waals surface area contributed by atoms with Crippen molar-refractivity contribution in [1.29, 1.82) is 0 Å². The van der Waals surface area contributed by atoms with Crippen molar-refractivity contribution in [3.8, 4) is 0 Å². The first-order valence-corrected chi connectivity index (χ1v) is 10.1. The quantitative estimate of drug-likeness (QED) is 0.662. The van der Waals surface area contributed by atoms with E-state index in [1.807, 2.05) is 29.2 Å². The number of hydrogen-bond acceptors (Lipinski definition) is 4. The molecule has 1 aliphatic heterocycles. The fourth-order valence-corrected chi connectivity index (χ4v) is 3.89. The highest BCUT2D eigenvalue weighted by Gasteiger charge is 2.20. The van der Waals surface area contributed by atoms with E-state index in [0.29, 0.717) is 17.9 Å². The summed E-state index contributed by atoms with van der Waals surface area (Å²) in [5.41, 5.74) is 6.40. The fourth-order valence-electron chi connectivity index (χ4n) is 2.94. The lowest BCUT2D eigenvalue weighted by molar-refractivity contribution is -0.127. The zero-order valence-corrected chi connectivity index (χ0v) is 15.8. The number of nitrogens with zero attached hydrogens (tertiary/aromatic N) is 1. The van der Waals surface area contributed by atoms with Crippen LogP contribution in [0.4, 0.5) is 0 Å². The molecule has 25 heavy (non-hydrogen) atoms. The van der Waals surface area contributed by atoms with Crippen molar-refractivity contribution in [2.75, 3.05) is 25.4 Å². The lowest BCUT2D eigenvalue weighted by Crippen LogP contribution is -2.40. The van der Waals surface area contributed by atoms with Crippen LogP contribution in [0, 0.1) is 0 Å². The normalized spacial score (nSPS) is 15.2. The molecule has 1 unspecified atom stereocenters. The molecule has 1 atom stereocenters. The summed E-state index contributed by atoms with van der Waals surface area (Å²) in [6.45, 7) is 4.28. The number of benzene rings is 1. The summed E-state index contributed by atoms with van der Waals surface area (Å²) < 4.78 is 0. The fraction of sp³-hybridized carbons (Fsp3) is 0.579. The molecule has 0 spiro atoms. The first kappa shape index (κ1) is 19.8. The molecule has 0 radical (unpaired) electrons. The maximum absolute atomic E-state index is 12.6. The molecule has 1 aromatic carbocycles. The highest BCUT2D eigenvalue weighted by Crippen LogP contribution is 2.24. The number of rotatable bonds is 9. The third-order valence-electron chi connectivity index (χ3n) is 4.47. The van der Waals surface area contributed by atoms with Crippen molar-refractivity contribution < 1.29 is 9.59 Å². The Morgan fingerprint density at radius 2 is 2.00 bits per heavy atom. The summed E-state index contributed by atoms with van der Waals surface area (Å²) >= 11 is 1.44. The van der Waals surface area contributed by atoms with Gasteiger partial charge in [0.25, 0.3) is 5.91 Å². The summed E-state index contributed by atoms with van der Waals surface area (Å²) in [5.74, 6) is 0.421. The average Bonchev–Trinajstić information content (AvgIpc) is 3.18. The van der Waals surface area contributed by atoms with Gasteiger partial charge in [-0.2, -0.15) is 0 Å². The highest BCUT2D eigenvalue weighted by molar-refractivity contribution is 8.00. The topological polar surface area (TPSA) is 75.4 Å². The molecular formula is C19H29N3O2S. The Bertz CT molecular complexity index is 574. The number of carbonyl (C=O) groups excluding carboxylic acids is 2. The Hall–Kier alpha value is -1.53. The number of thioether (sulfide) groups is 1. The minimum absolute atomic E-state index is 0.00302. The van der Waals surface area contributed by atoms with Crippen molar-refractivity contribution in [2.45, 2.75) is 50.0 Å². The van der Waals surface area contributed by atoms with Crippen LogP contribution in [0.25, 0.3) is 0 Å². The van der Waals surface area contributed by atoms with Gasteiger partial charge in [0.2, 0.25) is 5.91 Å². The third-order valence-corrected chi connectivity index (χ3v) is 5.53. The number of amides is 2. The van der Waals surface area contributed by atoms with Gasteiger partial charge in [-0.25, -0.2) is 0 Å². The Kier molecular flexibility index (Phi) is 8.28. The van der Waals surface area contributed by atoms with Gasteiger partial charge in [0.1, 0.15) is 0 Å². The second-order valence-electron chi connectivity index (χ2n) is 6.42. The lowest BCUT2D eigenvalue weighted by atomic mass is 10.1. The molecule has 2 rings (SSSR count). The van der Waals surface area contributed by atoms with Gasteiger partial charge in [-0.05, 0) is 31.4 Å². The van der Waals surface area contributed by atoms with E-state index in [4.69, 9.17) is 5.73 Å². The Labute approximate surface area is 154 Å². The van der Waals surface area contributed by atoms with Gasteiger partial charge < -0.3 is 16.0 Å². The van der Waals surface area contributed by atoms with Crippen LogP contribution in [0.15, 0.2) is 29.2 Å². The second kappa shape index (κ2) is 10.5. The van der Waals surface area contributed by atoms with Crippen molar-refractivity contribution in [3.63, 3.8) is 0 Å². The summed E-state index contributed by atoms with van der Waals surface area (Å²) in [4.78, 5) is 27.6. The minimum atomic E-state index is -0.108. The predicted octanol–water partition coefficient (Wildman–Crippen LogP) is 2.65. The Morgan fingerprint density at radius 3 is 2.68 bits per heavy atom. The first-order chi connectivity index (χ1) is 12.2. The van der Waals surface area contributed by atoms with E-state index in [1.165, 1.54) is 11.8 Å². The van der Waals surface area contributed by atoms with Crippen LogP contribution in [0.5, 0.6) is 0 Å². The molecule has 1 heterocycles. The largest absolute Gasteiger partial charge is 0.348 e. The van der Waals surface area contributed by atoms with E-state index < -0.39 is 0 Å². The van der Waals surface area contributed by atoms with Crippen LogP contribution in [-0.4, -0.2) is 48.1 Å². The van der Waals surface area contributed by atoms with Crippen molar-refractivity contribution in [1.82, 2.24) is 10.2 Å². The maximum atomic E-state index is 12.6. The van der Waals surface area contributed by atoms with Gasteiger partial charge in [-0.3, -0.25) is 9.59 Å². The van der Waals surface area contributed by atoms with Crippen LogP contribution in [0.1, 0.15) is 49.4 Å². The summed E-state index contributed by atoms with van der Waals surface area (Å²) in [6.07, 6.45) is 5.20. The number of likely N-dealkylation sites (tertiary alicyclic amines) is 1. The maximum Gasteiger partial charge on any atom is 0.252 e. The van der Waals surface area contributed by atoms with Crippen LogP contribution in [-0.2, 0) is 4.79 Å². The van der Waals surface area contributed by atoms with E-state index in [2.05, 4.69) is 12.2 Å². The van der Waals surface area contributed by atoms with E-state index >= 15 is 0 Å². The van der Waals surface area contributed by atoms with Crippen LogP contribution < -0.4 is 11.1 Å².